The number of amides is 2. The van der Waals surface area contributed by atoms with E-state index in [0.717, 1.165) is 16.7 Å². The monoisotopic (exact) mass is 335 g/mol. The van der Waals surface area contributed by atoms with E-state index >= 15 is 0 Å². The van der Waals surface area contributed by atoms with Gasteiger partial charge in [-0.15, -0.1) is 0 Å². The normalized spacial score (nSPS) is 17.6. The fourth-order valence-electron chi connectivity index (χ4n) is 0.907. The molecule has 1 unspecified atom stereocenters. The molecule has 1 N–H and O–H groups in total. The average molecular weight is 337 g/mol. The van der Waals surface area contributed by atoms with E-state index in [2.05, 4.69) is 10.3 Å². The van der Waals surface area contributed by atoms with Crippen molar-refractivity contribution in [3.8, 4) is 0 Å². The third-order valence-corrected chi connectivity index (χ3v) is 5.22. The maximum absolute atomic E-state index is 11.6. The molecule has 2 amide bonds. The summed E-state index contributed by atoms with van der Waals surface area (Å²) < 4.78 is -0.748. The fraction of sp³-hybridized carbons (Fsp3) is 0.750. The average Bonchev–Trinajstić information content (AvgIpc) is 2.67. The van der Waals surface area contributed by atoms with Crippen LogP contribution in [0.1, 0.15) is 0 Å². The number of aliphatic imine (C=N–C) groups is 1. The molecule has 0 fully saturated rings. The number of alkyl halides is 3. The molecular weight excluding hydrogens is 325 g/mol. The first-order valence-corrected chi connectivity index (χ1v) is 7.69. The van der Waals surface area contributed by atoms with Crippen molar-refractivity contribution in [3.05, 3.63) is 0 Å². The van der Waals surface area contributed by atoms with Gasteiger partial charge in [-0.2, -0.15) is 0 Å². The molecule has 1 atom stereocenters. The quantitative estimate of drug-likeness (QED) is 0.623. The number of nitrogens with zero attached hydrogens (tertiary/aromatic N) is 2. The summed E-state index contributed by atoms with van der Waals surface area (Å²) >= 11 is 20.4. The first-order chi connectivity index (χ1) is 7.80. The Morgan fingerprint density at radius 1 is 1.59 bits per heavy atom. The van der Waals surface area contributed by atoms with E-state index < -0.39 is 9.17 Å². The molecule has 0 aromatic carbocycles. The summed E-state index contributed by atoms with van der Waals surface area (Å²) in [6, 6.07) is -0.308. The van der Waals surface area contributed by atoms with Gasteiger partial charge in [-0.3, -0.25) is 4.99 Å². The minimum Gasteiger partial charge on any atom is -0.331 e. The second kappa shape index (κ2) is 6.61. The van der Waals surface area contributed by atoms with Gasteiger partial charge in [0.15, 0.2) is 0 Å². The van der Waals surface area contributed by atoms with E-state index in [-0.39, 0.29) is 6.03 Å². The lowest BCUT2D eigenvalue weighted by Crippen LogP contribution is -2.46. The van der Waals surface area contributed by atoms with E-state index in [1.807, 2.05) is 0 Å². The molecule has 0 saturated heterocycles. The van der Waals surface area contributed by atoms with Gasteiger partial charge in [0.05, 0.1) is 6.54 Å². The number of halogens is 3. The van der Waals surface area contributed by atoms with Gasteiger partial charge < -0.3 is 10.2 Å². The maximum Gasteiger partial charge on any atom is 0.317 e. The lowest BCUT2D eigenvalue weighted by Gasteiger charge is -2.26. The summed E-state index contributed by atoms with van der Waals surface area (Å²) in [7, 11) is 3.24. The zero-order valence-electron chi connectivity index (χ0n) is 9.24. The van der Waals surface area contributed by atoms with Crippen LogP contribution in [0.4, 0.5) is 4.79 Å². The van der Waals surface area contributed by atoms with Crippen LogP contribution in [-0.2, 0) is 0 Å². The minimum atomic E-state index is -1.58. The molecule has 0 radical (unpaired) electrons. The number of hydrogen-bond donors (Lipinski definition) is 1. The van der Waals surface area contributed by atoms with Gasteiger partial charge in [-0.05, 0) is 0 Å². The standard InChI is InChI=1S/C8H12Cl3N3OS2/c1-14(2)6(15)13-5(8(9,10)11)17-7-12-3-4-16-7/h5H,3-4H2,1-2H3,(H,13,15). The number of urea groups is 1. The Morgan fingerprint density at radius 2 is 2.24 bits per heavy atom. The van der Waals surface area contributed by atoms with Crippen molar-refractivity contribution in [2.45, 2.75) is 9.17 Å². The molecule has 17 heavy (non-hydrogen) atoms. The van der Waals surface area contributed by atoms with Crippen molar-refractivity contribution in [1.82, 2.24) is 10.2 Å². The molecule has 1 aliphatic heterocycles. The highest BCUT2D eigenvalue weighted by Gasteiger charge is 2.36. The van der Waals surface area contributed by atoms with Gasteiger partial charge in [-0.1, -0.05) is 58.3 Å². The molecule has 9 heteroatoms. The molecule has 0 spiro atoms. The van der Waals surface area contributed by atoms with E-state index in [4.69, 9.17) is 34.8 Å². The summed E-state index contributed by atoms with van der Waals surface area (Å²) in [5.41, 5.74) is 0. The summed E-state index contributed by atoms with van der Waals surface area (Å²) in [6.45, 7) is 0.765. The smallest absolute Gasteiger partial charge is 0.317 e. The van der Waals surface area contributed by atoms with Gasteiger partial charge in [0.2, 0.25) is 3.79 Å². The van der Waals surface area contributed by atoms with Gasteiger partial charge in [0.1, 0.15) is 9.75 Å². The third kappa shape index (κ3) is 5.34. The van der Waals surface area contributed by atoms with Crippen molar-refractivity contribution in [1.29, 1.82) is 0 Å². The topological polar surface area (TPSA) is 44.7 Å². The number of thioether (sulfide) groups is 2. The summed E-state index contributed by atoms with van der Waals surface area (Å²) in [4.78, 5) is 17.2. The van der Waals surface area contributed by atoms with Crippen LogP contribution in [0.25, 0.3) is 0 Å². The van der Waals surface area contributed by atoms with Crippen molar-refractivity contribution >= 4 is 68.7 Å². The molecule has 0 saturated carbocycles. The van der Waals surface area contributed by atoms with Crippen molar-refractivity contribution in [3.63, 3.8) is 0 Å². The van der Waals surface area contributed by atoms with Crippen LogP contribution < -0.4 is 5.32 Å². The van der Waals surface area contributed by atoms with E-state index in [0.29, 0.717) is 0 Å². The van der Waals surface area contributed by atoms with Gasteiger partial charge in [0, 0.05) is 19.8 Å². The predicted octanol–water partition coefficient (Wildman–Crippen LogP) is 2.79. The number of carbonyl (C=O) groups excluding carboxylic acids is 1. The zero-order chi connectivity index (χ0) is 13.1. The lowest BCUT2D eigenvalue weighted by atomic mass is 10.7. The van der Waals surface area contributed by atoms with E-state index in [9.17, 15) is 4.79 Å². The molecule has 0 bridgehead atoms. The van der Waals surface area contributed by atoms with Crippen LogP contribution >= 0.6 is 58.3 Å². The highest BCUT2D eigenvalue weighted by molar-refractivity contribution is 8.39. The predicted molar refractivity (Wildman–Crippen MR) is 78.6 cm³/mol. The first-order valence-electron chi connectivity index (χ1n) is 4.69. The SMILES string of the molecule is CN(C)C(=O)NC(SC1=NCCS1)C(Cl)(Cl)Cl. The molecule has 0 aliphatic carbocycles. The van der Waals surface area contributed by atoms with Crippen LogP contribution in [0.2, 0.25) is 0 Å². The van der Waals surface area contributed by atoms with Gasteiger partial charge >= 0.3 is 6.03 Å². The summed E-state index contributed by atoms with van der Waals surface area (Å²) in [6.07, 6.45) is 0. The van der Waals surface area contributed by atoms with Crippen LogP contribution in [0.15, 0.2) is 4.99 Å². The zero-order valence-corrected chi connectivity index (χ0v) is 13.1. The number of carbonyl (C=O) groups is 1. The second-order valence-electron chi connectivity index (χ2n) is 3.38. The number of rotatable bonds is 2. The number of hydrogen-bond acceptors (Lipinski definition) is 4. The molecule has 0 aromatic heterocycles. The Bertz CT molecular complexity index is 320. The minimum absolute atomic E-state index is 0.308. The highest BCUT2D eigenvalue weighted by Crippen LogP contribution is 2.39. The van der Waals surface area contributed by atoms with E-state index in [1.165, 1.54) is 16.7 Å². The van der Waals surface area contributed by atoms with Crippen LogP contribution in [-0.4, -0.2) is 50.9 Å². The van der Waals surface area contributed by atoms with Gasteiger partial charge in [0.25, 0.3) is 0 Å². The van der Waals surface area contributed by atoms with Crippen LogP contribution in [0.5, 0.6) is 0 Å². The van der Waals surface area contributed by atoms with Crippen LogP contribution in [0, 0.1) is 0 Å². The molecular formula is C8H12Cl3N3OS2. The lowest BCUT2D eigenvalue weighted by molar-refractivity contribution is 0.216. The largest absolute Gasteiger partial charge is 0.331 e. The molecule has 1 aliphatic rings. The first kappa shape index (κ1) is 15.6. The van der Waals surface area contributed by atoms with Crippen molar-refractivity contribution in [2.24, 2.45) is 4.99 Å². The van der Waals surface area contributed by atoms with Crippen LogP contribution in [0.3, 0.4) is 0 Å². The Hall–Kier alpha value is 0.510. The Morgan fingerprint density at radius 3 is 2.65 bits per heavy atom. The molecule has 0 aromatic rings. The molecule has 1 heterocycles. The Kier molecular flexibility index (Phi) is 6.05. The Balaban J connectivity index is 2.64. The molecule has 4 nitrogen and oxygen atoms in total. The fourth-order valence-corrected chi connectivity index (χ4v) is 3.48. The van der Waals surface area contributed by atoms with Crippen molar-refractivity contribution in [2.75, 3.05) is 26.4 Å². The summed E-state index contributed by atoms with van der Waals surface area (Å²) in [5, 5.41) is 1.98. The maximum atomic E-state index is 11.6. The Labute approximate surface area is 124 Å². The summed E-state index contributed by atoms with van der Waals surface area (Å²) in [5.74, 6) is 0.927. The second-order valence-corrected chi connectivity index (χ2v) is 8.18. The van der Waals surface area contributed by atoms with E-state index in [1.54, 1.807) is 25.9 Å². The molecule has 98 valence electrons. The highest BCUT2D eigenvalue weighted by atomic mass is 35.6. The van der Waals surface area contributed by atoms with Gasteiger partial charge in [-0.25, -0.2) is 4.79 Å². The number of nitrogens with one attached hydrogen (secondary N) is 1. The van der Waals surface area contributed by atoms with Crippen molar-refractivity contribution < 1.29 is 4.79 Å². The molecule has 1 rings (SSSR count). The third-order valence-electron chi connectivity index (χ3n) is 1.73.